The molecule has 2 nitrogen and oxygen atoms in total. The topological polar surface area (TPSA) is 22.1 Å². The molecule has 4 aromatic carbocycles. The van der Waals surface area contributed by atoms with Gasteiger partial charge in [-0.2, -0.15) is 0 Å². The zero-order valence-electron chi connectivity index (χ0n) is 21.2. The van der Waals surface area contributed by atoms with E-state index >= 15 is 0 Å². The van der Waals surface area contributed by atoms with Crippen LogP contribution in [0.4, 0.5) is 0 Å². The Morgan fingerprint density at radius 3 is 1.92 bits per heavy atom. The maximum atomic E-state index is 6.41. The molecule has 0 spiro atoms. The summed E-state index contributed by atoms with van der Waals surface area (Å²) in [5.41, 5.74) is 7.67. The van der Waals surface area contributed by atoms with Gasteiger partial charge in [-0.25, -0.2) is 4.98 Å². The predicted molar refractivity (Wildman–Crippen MR) is 154 cm³/mol. The molecule has 1 aliphatic rings. The molecule has 0 aliphatic heterocycles. The second-order valence-electron chi connectivity index (χ2n) is 10.6. The van der Waals surface area contributed by atoms with E-state index < -0.39 is 5.41 Å². The first kappa shape index (κ1) is 23.7. The monoisotopic (exact) mass is 545 g/mol. The Bertz CT molecular complexity index is 1550. The molecule has 6 rings (SSSR count). The minimum absolute atomic E-state index is 0.0947. The van der Waals surface area contributed by atoms with Crippen LogP contribution in [0, 0.1) is 0 Å². The van der Waals surface area contributed by atoms with E-state index in [0.29, 0.717) is 5.88 Å². The molecule has 0 saturated carbocycles. The largest absolute Gasteiger partial charge is 0.439 e. The molecule has 0 atom stereocenters. The molecule has 1 aromatic heterocycles. The van der Waals surface area contributed by atoms with Gasteiger partial charge in [-0.3, -0.25) is 0 Å². The molecule has 0 N–H and O–H groups in total. The van der Waals surface area contributed by atoms with E-state index in [1.165, 1.54) is 33.4 Å². The molecular weight excluding hydrogens is 518 g/mol. The normalized spacial score (nSPS) is 13.6. The highest BCUT2D eigenvalue weighted by Gasteiger charge is 2.47. The summed E-state index contributed by atoms with van der Waals surface area (Å²) < 4.78 is 7.38. The molecule has 0 bridgehead atoms. The van der Waals surface area contributed by atoms with Gasteiger partial charge in [0.15, 0.2) is 0 Å². The van der Waals surface area contributed by atoms with Crippen LogP contribution in [0.2, 0.25) is 0 Å². The number of fused-ring (bicyclic) bond motifs is 3. The number of hydrogen-bond donors (Lipinski definition) is 0. The van der Waals surface area contributed by atoms with E-state index in [2.05, 4.69) is 128 Å². The lowest BCUT2D eigenvalue weighted by atomic mass is 9.69. The highest BCUT2D eigenvalue weighted by atomic mass is 79.9. The van der Waals surface area contributed by atoms with E-state index in [1.54, 1.807) is 0 Å². The predicted octanol–water partition coefficient (Wildman–Crippen LogP) is 9.30. The van der Waals surface area contributed by atoms with Crippen LogP contribution in [0.5, 0.6) is 11.6 Å². The van der Waals surface area contributed by atoms with Crippen LogP contribution in [0.1, 0.15) is 48.7 Å². The van der Waals surface area contributed by atoms with Gasteiger partial charge < -0.3 is 4.74 Å². The first-order valence-electron chi connectivity index (χ1n) is 12.6. The van der Waals surface area contributed by atoms with Crippen molar-refractivity contribution >= 4 is 15.9 Å². The fraction of sp³-hybridized carbons (Fsp3) is 0.147. The summed E-state index contributed by atoms with van der Waals surface area (Å²) in [6, 6.07) is 40.5. The highest BCUT2D eigenvalue weighted by Crippen LogP contribution is 2.56. The van der Waals surface area contributed by atoms with Gasteiger partial charge in [0.25, 0.3) is 0 Å². The van der Waals surface area contributed by atoms with Gasteiger partial charge in [0.2, 0.25) is 5.88 Å². The summed E-state index contributed by atoms with van der Waals surface area (Å²) in [6.45, 7) is 6.71. The van der Waals surface area contributed by atoms with E-state index in [0.717, 1.165) is 15.9 Å². The van der Waals surface area contributed by atoms with Crippen molar-refractivity contribution in [2.45, 2.75) is 31.6 Å². The molecule has 0 unspecified atom stereocenters. The van der Waals surface area contributed by atoms with Gasteiger partial charge in [-0.05, 0) is 63.1 Å². The Morgan fingerprint density at radius 2 is 1.30 bits per heavy atom. The first-order chi connectivity index (χ1) is 17.9. The number of aromatic nitrogens is 1. The summed E-state index contributed by atoms with van der Waals surface area (Å²) in [5.74, 6) is 1.34. The van der Waals surface area contributed by atoms with Gasteiger partial charge in [0.05, 0.1) is 11.1 Å². The van der Waals surface area contributed by atoms with Gasteiger partial charge in [0, 0.05) is 10.5 Å². The van der Waals surface area contributed by atoms with Crippen LogP contribution in [0.15, 0.2) is 120 Å². The molecule has 182 valence electrons. The third-order valence-electron chi connectivity index (χ3n) is 7.23. The van der Waals surface area contributed by atoms with Crippen molar-refractivity contribution in [2.75, 3.05) is 0 Å². The van der Waals surface area contributed by atoms with E-state index in [-0.39, 0.29) is 5.41 Å². The van der Waals surface area contributed by atoms with Crippen LogP contribution >= 0.6 is 15.9 Å². The number of pyridine rings is 1. The average Bonchev–Trinajstić information content (AvgIpc) is 3.20. The Hall–Kier alpha value is -3.69. The second kappa shape index (κ2) is 9.00. The molecule has 5 aromatic rings. The summed E-state index contributed by atoms with van der Waals surface area (Å²) in [5, 5.41) is 0. The Kier molecular flexibility index (Phi) is 5.77. The number of nitrogens with zero attached hydrogens (tertiary/aromatic N) is 1. The van der Waals surface area contributed by atoms with Crippen LogP contribution in [-0.4, -0.2) is 4.98 Å². The Labute approximate surface area is 227 Å². The smallest absolute Gasteiger partial charge is 0.219 e. The van der Waals surface area contributed by atoms with Gasteiger partial charge in [0.1, 0.15) is 5.75 Å². The molecule has 0 saturated heterocycles. The maximum absolute atomic E-state index is 6.41. The van der Waals surface area contributed by atoms with Crippen molar-refractivity contribution in [1.29, 1.82) is 0 Å². The fourth-order valence-electron chi connectivity index (χ4n) is 5.49. The lowest BCUT2D eigenvalue weighted by Gasteiger charge is -2.34. The number of benzene rings is 4. The average molecular weight is 547 g/mol. The Balaban J connectivity index is 1.68. The van der Waals surface area contributed by atoms with Crippen molar-refractivity contribution in [3.63, 3.8) is 0 Å². The molecule has 0 radical (unpaired) electrons. The number of hydrogen-bond acceptors (Lipinski definition) is 2. The van der Waals surface area contributed by atoms with E-state index in [9.17, 15) is 0 Å². The quantitative estimate of drug-likeness (QED) is 0.220. The minimum Gasteiger partial charge on any atom is -0.439 e. The van der Waals surface area contributed by atoms with Crippen molar-refractivity contribution < 1.29 is 4.74 Å². The lowest BCUT2D eigenvalue weighted by molar-refractivity contribution is 0.453. The molecule has 1 aliphatic carbocycles. The van der Waals surface area contributed by atoms with Crippen LogP contribution in [0.3, 0.4) is 0 Å². The molecule has 0 fully saturated rings. The fourth-order valence-corrected chi connectivity index (χ4v) is 5.87. The van der Waals surface area contributed by atoms with Gasteiger partial charge >= 0.3 is 0 Å². The second-order valence-corrected chi connectivity index (χ2v) is 11.5. The van der Waals surface area contributed by atoms with E-state index in [4.69, 9.17) is 9.72 Å². The van der Waals surface area contributed by atoms with Crippen molar-refractivity contribution in [1.82, 2.24) is 4.98 Å². The molecule has 37 heavy (non-hydrogen) atoms. The van der Waals surface area contributed by atoms with Crippen molar-refractivity contribution in [3.05, 3.63) is 148 Å². The van der Waals surface area contributed by atoms with E-state index in [1.807, 2.05) is 24.3 Å². The molecule has 1 heterocycles. The summed E-state index contributed by atoms with van der Waals surface area (Å²) in [6.07, 6.45) is 0. The minimum atomic E-state index is -0.564. The molecular formula is C34H28BrNO. The summed E-state index contributed by atoms with van der Waals surface area (Å²) in [7, 11) is 0. The first-order valence-corrected chi connectivity index (χ1v) is 13.4. The van der Waals surface area contributed by atoms with Gasteiger partial charge in [-0.15, -0.1) is 0 Å². The summed E-state index contributed by atoms with van der Waals surface area (Å²) >= 11 is 3.56. The van der Waals surface area contributed by atoms with Crippen molar-refractivity contribution in [3.8, 4) is 22.8 Å². The Morgan fingerprint density at radius 1 is 0.676 bits per heavy atom. The number of ether oxygens (including phenoxy) is 1. The third-order valence-corrected chi connectivity index (χ3v) is 7.72. The number of halogens is 1. The van der Waals surface area contributed by atoms with Crippen molar-refractivity contribution in [2.24, 2.45) is 0 Å². The standard InChI is InChI=1S/C34H28BrNO/c1-33(2,3)24-20-31(36-32(21-24)37-26-15-11-14-25(35)22-26)34(23-12-5-4-6-13-23)29-18-9-7-16-27(29)28-17-8-10-19-30(28)34/h4-22H,1-3H3. The van der Waals surface area contributed by atoms with Gasteiger partial charge in [-0.1, -0.05) is 122 Å². The van der Waals surface area contributed by atoms with Crippen LogP contribution < -0.4 is 4.74 Å². The summed E-state index contributed by atoms with van der Waals surface area (Å²) in [4.78, 5) is 5.26. The van der Waals surface area contributed by atoms with Crippen LogP contribution in [0.25, 0.3) is 11.1 Å². The highest BCUT2D eigenvalue weighted by molar-refractivity contribution is 9.10. The SMILES string of the molecule is CC(C)(C)c1cc(Oc2cccc(Br)c2)nc(C2(c3ccccc3)c3ccccc3-c3ccccc32)c1. The number of rotatable bonds is 4. The third kappa shape index (κ3) is 3.98. The molecule has 3 heteroatoms. The lowest BCUT2D eigenvalue weighted by Crippen LogP contribution is -2.30. The maximum Gasteiger partial charge on any atom is 0.219 e. The zero-order valence-corrected chi connectivity index (χ0v) is 22.8. The molecule has 0 amide bonds. The zero-order chi connectivity index (χ0) is 25.6. The van der Waals surface area contributed by atoms with Crippen LogP contribution in [-0.2, 0) is 10.8 Å².